The summed E-state index contributed by atoms with van der Waals surface area (Å²) in [6.45, 7) is 6.99. The maximum Gasteiger partial charge on any atom is 0.217 e. The third-order valence-electron chi connectivity index (χ3n) is 2.52. The summed E-state index contributed by atoms with van der Waals surface area (Å²) in [7, 11) is 0. The Morgan fingerprint density at radius 2 is 2.05 bits per heavy atom. The standard InChI is InChI=1S/C13H21BrN4O/c1-13(2,3)12-17-9(14)8-11(18-12)16-7-5-4-6-10(15)19/h8H,4-7H2,1-3H3,(H2,15,19)(H,16,17,18). The van der Waals surface area contributed by atoms with Gasteiger partial charge in [-0.05, 0) is 28.8 Å². The van der Waals surface area contributed by atoms with Crippen molar-refractivity contribution >= 4 is 27.7 Å². The molecule has 0 aliphatic carbocycles. The third-order valence-corrected chi connectivity index (χ3v) is 2.93. The van der Waals surface area contributed by atoms with Crippen LogP contribution in [0.15, 0.2) is 10.7 Å². The fourth-order valence-corrected chi connectivity index (χ4v) is 1.87. The number of nitrogens with zero attached hydrogens (tertiary/aromatic N) is 2. The van der Waals surface area contributed by atoms with Gasteiger partial charge in [-0.2, -0.15) is 0 Å². The monoisotopic (exact) mass is 328 g/mol. The van der Waals surface area contributed by atoms with E-state index in [2.05, 4.69) is 52.0 Å². The van der Waals surface area contributed by atoms with Crippen molar-refractivity contribution in [1.29, 1.82) is 0 Å². The highest BCUT2D eigenvalue weighted by Crippen LogP contribution is 2.22. The lowest BCUT2D eigenvalue weighted by molar-refractivity contribution is -0.118. The smallest absolute Gasteiger partial charge is 0.217 e. The van der Waals surface area contributed by atoms with Crippen LogP contribution in [0.3, 0.4) is 0 Å². The molecular weight excluding hydrogens is 308 g/mol. The predicted molar refractivity (Wildman–Crippen MR) is 80.0 cm³/mol. The van der Waals surface area contributed by atoms with E-state index in [1.54, 1.807) is 0 Å². The highest BCUT2D eigenvalue weighted by molar-refractivity contribution is 9.10. The van der Waals surface area contributed by atoms with E-state index >= 15 is 0 Å². The van der Waals surface area contributed by atoms with Gasteiger partial charge in [-0.25, -0.2) is 9.97 Å². The van der Waals surface area contributed by atoms with Gasteiger partial charge in [-0.3, -0.25) is 4.79 Å². The Labute approximate surface area is 122 Å². The second kappa shape index (κ2) is 6.84. The number of unbranched alkanes of at least 4 members (excludes halogenated alkanes) is 1. The van der Waals surface area contributed by atoms with Gasteiger partial charge in [0, 0.05) is 24.4 Å². The van der Waals surface area contributed by atoms with Crippen LogP contribution < -0.4 is 11.1 Å². The SMILES string of the molecule is CC(C)(C)c1nc(Br)cc(NCCCCC(N)=O)n1. The largest absolute Gasteiger partial charge is 0.370 e. The summed E-state index contributed by atoms with van der Waals surface area (Å²) in [5, 5.41) is 3.24. The van der Waals surface area contributed by atoms with Crippen molar-refractivity contribution in [3.8, 4) is 0 Å². The lowest BCUT2D eigenvalue weighted by atomic mass is 9.96. The Bertz CT molecular complexity index is 443. The Morgan fingerprint density at radius 3 is 2.63 bits per heavy atom. The van der Waals surface area contributed by atoms with Crippen molar-refractivity contribution < 1.29 is 4.79 Å². The molecule has 0 fully saturated rings. The van der Waals surface area contributed by atoms with Gasteiger partial charge in [0.2, 0.25) is 5.91 Å². The van der Waals surface area contributed by atoms with Crippen molar-refractivity contribution in [3.63, 3.8) is 0 Å². The normalized spacial score (nSPS) is 11.4. The summed E-state index contributed by atoms with van der Waals surface area (Å²) >= 11 is 3.39. The molecule has 1 heterocycles. The number of primary amides is 1. The number of hydrogen-bond donors (Lipinski definition) is 2. The number of hydrogen-bond acceptors (Lipinski definition) is 4. The summed E-state index contributed by atoms with van der Waals surface area (Å²) in [6.07, 6.45) is 2.11. The molecule has 1 rings (SSSR count). The molecule has 1 aromatic heterocycles. The summed E-state index contributed by atoms with van der Waals surface area (Å²) < 4.78 is 0.770. The number of rotatable bonds is 6. The van der Waals surface area contributed by atoms with E-state index in [4.69, 9.17) is 5.73 Å². The van der Waals surface area contributed by atoms with Crippen molar-refractivity contribution in [2.24, 2.45) is 5.73 Å². The zero-order chi connectivity index (χ0) is 14.5. The van der Waals surface area contributed by atoms with Gasteiger partial charge in [0.15, 0.2) is 0 Å². The van der Waals surface area contributed by atoms with Crippen LogP contribution in [0.1, 0.15) is 45.9 Å². The number of carbonyl (C=O) groups is 1. The van der Waals surface area contributed by atoms with Crippen molar-refractivity contribution in [1.82, 2.24) is 9.97 Å². The van der Waals surface area contributed by atoms with E-state index < -0.39 is 0 Å². The van der Waals surface area contributed by atoms with Crippen molar-refractivity contribution in [2.75, 3.05) is 11.9 Å². The topological polar surface area (TPSA) is 80.9 Å². The molecule has 19 heavy (non-hydrogen) atoms. The molecule has 0 aliphatic rings. The first kappa shape index (κ1) is 15.9. The van der Waals surface area contributed by atoms with Gasteiger partial charge in [0.05, 0.1) is 0 Å². The molecule has 1 amide bonds. The number of amides is 1. The molecule has 0 aromatic carbocycles. The average molecular weight is 329 g/mol. The molecule has 6 heteroatoms. The average Bonchev–Trinajstić information content (AvgIpc) is 2.26. The van der Waals surface area contributed by atoms with Crippen LogP contribution in [-0.4, -0.2) is 22.4 Å². The Kier molecular flexibility index (Phi) is 5.72. The first-order valence-electron chi connectivity index (χ1n) is 6.36. The van der Waals surface area contributed by atoms with E-state index in [0.717, 1.165) is 35.6 Å². The summed E-state index contributed by atoms with van der Waals surface area (Å²) in [6, 6.07) is 1.85. The first-order valence-corrected chi connectivity index (χ1v) is 7.15. The number of nitrogens with one attached hydrogen (secondary N) is 1. The second-order valence-corrected chi connectivity index (χ2v) is 6.31. The van der Waals surface area contributed by atoms with Gasteiger partial charge in [-0.1, -0.05) is 20.8 Å². The highest BCUT2D eigenvalue weighted by Gasteiger charge is 2.18. The van der Waals surface area contributed by atoms with Crippen LogP contribution in [0.4, 0.5) is 5.82 Å². The zero-order valence-electron chi connectivity index (χ0n) is 11.7. The van der Waals surface area contributed by atoms with Crippen LogP contribution in [0, 0.1) is 0 Å². The Balaban J connectivity index is 2.54. The molecule has 1 aromatic rings. The summed E-state index contributed by atoms with van der Waals surface area (Å²) in [5.74, 6) is 1.34. The van der Waals surface area contributed by atoms with E-state index in [1.807, 2.05) is 6.07 Å². The van der Waals surface area contributed by atoms with Crippen LogP contribution >= 0.6 is 15.9 Å². The molecule has 5 nitrogen and oxygen atoms in total. The van der Waals surface area contributed by atoms with Gasteiger partial charge in [0.25, 0.3) is 0 Å². The molecular formula is C13H21BrN4O. The molecule has 0 unspecified atom stereocenters. The second-order valence-electron chi connectivity index (χ2n) is 5.50. The number of halogens is 1. The van der Waals surface area contributed by atoms with Crippen molar-refractivity contribution in [3.05, 3.63) is 16.5 Å². The molecule has 0 saturated carbocycles. The molecule has 0 spiro atoms. The maximum absolute atomic E-state index is 10.6. The number of nitrogens with two attached hydrogens (primary N) is 1. The molecule has 0 aliphatic heterocycles. The van der Waals surface area contributed by atoms with E-state index in [1.165, 1.54) is 0 Å². The van der Waals surface area contributed by atoms with Crippen LogP contribution in [-0.2, 0) is 10.2 Å². The van der Waals surface area contributed by atoms with Gasteiger partial charge in [0.1, 0.15) is 16.2 Å². The Morgan fingerprint density at radius 1 is 1.37 bits per heavy atom. The molecule has 0 atom stereocenters. The first-order chi connectivity index (χ1) is 8.79. The van der Waals surface area contributed by atoms with Gasteiger partial charge >= 0.3 is 0 Å². The lowest BCUT2D eigenvalue weighted by Gasteiger charge is -2.17. The fraction of sp³-hybridized carbons (Fsp3) is 0.615. The maximum atomic E-state index is 10.6. The number of aromatic nitrogens is 2. The van der Waals surface area contributed by atoms with E-state index in [9.17, 15) is 4.79 Å². The molecule has 3 N–H and O–H groups in total. The molecule has 106 valence electrons. The van der Waals surface area contributed by atoms with Crippen molar-refractivity contribution in [2.45, 2.75) is 45.4 Å². The van der Waals surface area contributed by atoms with Crippen LogP contribution in [0.25, 0.3) is 0 Å². The minimum absolute atomic E-state index is 0.0911. The van der Waals surface area contributed by atoms with E-state index in [-0.39, 0.29) is 11.3 Å². The zero-order valence-corrected chi connectivity index (χ0v) is 13.2. The fourth-order valence-electron chi connectivity index (χ4n) is 1.48. The molecule has 0 radical (unpaired) electrons. The third kappa shape index (κ3) is 6.00. The molecule has 0 bridgehead atoms. The van der Waals surface area contributed by atoms with Gasteiger partial charge in [-0.15, -0.1) is 0 Å². The lowest BCUT2D eigenvalue weighted by Crippen LogP contribution is -2.17. The summed E-state index contributed by atoms with van der Waals surface area (Å²) in [4.78, 5) is 19.5. The number of carbonyl (C=O) groups excluding carboxylic acids is 1. The summed E-state index contributed by atoms with van der Waals surface area (Å²) in [5.41, 5.74) is 5.00. The Hall–Kier alpha value is -1.17. The minimum atomic E-state index is -0.250. The van der Waals surface area contributed by atoms with Crippen LogP contribution in [0.5, 0.6) is 0 Å². The van der Waals surface area contributed by atoms with Crippen LogP contribution in [0.2, 0.25) is 0 Å². The number of anilines is 1. The van der Waals surface area contributed by atoms with E-state index in [0.29, 0.717) is 6.42 Å². The minimum Gasteiger partial charge on any atom is -0.370 e. The highest BCUT2D eigenvalue weighted by atomic mass is 79.9. The quantitative estimate of drug-likeness (QED) is 0.621. The predicted octanol–water partition coefficient (Wildman–Crippen LogP) is 2.60. The van der Waals surface area contributed by atoms with Gasteiger partial charge < -0.3 is 11.1 Å². The molecule has 0 saturated heterocycles.